The molecular weight excluding hydrogens is 324 g/mol. The number of halogens is 1. The molecule has 24 heavy (non-hydrogen) atoms. The van der Waals surface area contributed by atoms with Gasteiger partial charge in [-0.25, -0.2) is 0 Å². The van der Waals surface area contributed by atoms with Gasteiger partial charge in [0.15, 0.2) is 0 Å². The van der Waals surface area contributed by atoms with Crippen molar-refractivity contribution in [3.63, 3.8) is 0 Å². The number of ether oxygens (including phenoxy) is 1. The highest BCUT2D eigenvalue weighted by Crippen LogP contribution is 2.17. The van der Waals surface area contributed by atoms with Crippen molar-refractivity contribution in [1.82, 2.24) is 4.90 Å². The van der Waals surface area contributed by atoms with Crippen molar-refractivity contribution in [2.75, 3.05) is 26.7 Å². The molecule has 0 heterocycles. The molecule has 4 nitrogen and oxygen atoms in total. The number of hydrogen-bond acceptors (Lipinski definition) is 3. The first-order valence-electron chi connectivity index (χ1n) is 7.81. The van der Waals surface area contributed by atoms with Crippen LogP contribution in [0.25, 0.3) is 0 Å². The van der Waals surface area contributed by atoms with Crippen molar-refractivity contribution in [3.05, 3.63) is 65.7 Å². The standard InChI is InChI=1S/C19H24N2O2.ClH/c1-15-7-6-10-17(13-15)23-12-11-21(2)19(22)18(14-20)16-8-4-3-5-9-16;/h3-10,13,18H,11-12,14,20H2,1-2H3;1H. The molecule has 1 atom stereocenters. The van der Waals surface area contributed by atoms with Crippen LogP contribution in [0.15, 0.2) is 54.6 Å². The summed E-state index contributed by atoms with van der Waals surface area (Å²) in [4.78, 5) is 14.2. The first kappa shape index (κ1) is 20.0. The van der Waals surface area contributed by atoms with Gasteiger partial charge in [-0.1, -0.05) is 42.5 Å². The van der Waals surface area contributed by atoms with E-state index in [1.54, 1.807) is 11.9 Å². The van der Waals surface area contributed by atoms with E-state index in [-0.39, 0.29) is 24.2 Å². The molecule has 0 fully saturated rings. The topological polar surface area (TPSA) is 55.6 Å². The maximum absolute atomic E-state index is 12.6. The lowest BCUT2D eigenvalue weighted by Crippen LogP contribution is -2.37. The van der Waals surface area contributed by atoms with Gasteiger partial charge in [-0.05, 0) is 30.2 Å². The molecule has 0 aromatic heterocycles. The van der Waals surface area contributed by atoms with Gasteiger partial charge in [0.2, 0.25) is 5.91 Å². The fourth-order valence-corrected chi connectivity index (χ4v) is 2.45. The van der Waals surface area contributed by atoms with Crippen molar-refractivity contribution in [2.24, 2.45) is 5.73 Å². The maximum Gasteiger partial charge on any atom is 0.231 e. The predicted molar refractivity (Wildman–Crippen MR) is 99.8 cm³/mol. The minimum absolute atomic E-state index is 0. The molecule has 1 unspecified atom stereocenters. The molecule has 0 radical (unpaired) electrons. The fourth-order valence-electron chi connectivity index (χ4n) is 2.45. The SMILES string of the molecule is Cc1cccc(OCCN(C)C(=O)C(CN)c2ccccc2)c1.Cl. The Labute approximate surface area is 150 Å². The Morgan fingerprint density at radius 1 is 1.17 bits per heavy atom. The lowest BCUT2D eigenvalue weighted by Gasteiger charge is -2.23. The second-order valence-electron chi connectivity index (χ2n) is 5.62. The van der Waals surface area contributed by atoms with Crippen LogP contribution in [0.2, 0.25) is 0 Å². The van der Waals surface area contributed by atoms with E-state index in [2.05, 4.69) is 0 Å². The summed E-state index contributed by atoms with van der Waals surface area (Å²) in [5, 5.41) is 0. The number of benzene rings is 2. The zero-order valence-electron chi connectivity index (χ0n) is 14.1. The molecule has 2 rings (SSSR count). The molecule has 2 aromatic rings. The molecule has 130 valence electrons. The minimum atomic E-state index is -0.305. The average Bonchev–Trinajstić information content (AvgIpc) is 2.56. The molecule has 0 aliphatic heterocycles. The highest BCUT2D eigenvalue weighted by molar-refractivity contribution is 5.85. The van der Waals surface area contributed by atoms with E-state index in [4.69, 9.17) is 10.5 Å². The number of amides is 1. The lowest BCUT2D eigenvalue weighted by atomic mass is 9.98. The predicted octanol–water partition coefficient (Wildman–Crippen LogP) is 3.00. The Kier molecular flexibility index (Phi) is 8.30. The summed E-state index contributed by atoms with van der Waals surface area (Å²) in [6.07, 6.45) is 0. The summed E-state index contributed by atoms with van der Waals surface area (Å²) < 4.78 is 5.70. The quantitative estimate of drug-likeness (QED) is 0.836. The summed E-state index contributed by atoms with van der Waals surface area (Å²) in [6.45, 7) is 3.30. The summed E-state index contributed by atoms with van der Waals surface area (Å²) >= 11 is 0. The van der Waals surface area contributed by atoms with Crippen LogP contribution >= 0.6 is 12.4 Å². The number of nitrogens with zero attached hydrogens (tertiary/aromatic N) is 1. The van der Waals surface area contributed by atoms with Crippen molar-refractivity contribution in [1.29, 1.82) is 0 Å². The van der Waals surface area contributed by atoms with Crippen LogP contribution in [0.1, 0.15) is 17.0 Å². The van der Waals surface area contributed by atoms with Crippen molar-refractivity contribution in [2.45, 2.75) is 12.8 Å². The normalized spacial score (nSPS) is 11.3. The van der Waals surface area contributed by atoms with Crippen LogP contribution in [0.3, 0.4) is 0 Å². The molecule has 0 saturated carbocycles. The number of aryl methyl sites for hydroxylation is 1. The van der Waals surface area contributed by atoms with E-state index < -0.39 is 0 Å². The van der Waals surface area contributed by atoms with Crippen molar-refractivity contribution >= 4 is 18.3 Å². The van der Waals surface area contributed by atoms with E-state index in [9.17, 15) is 4.79 Å². The van der Waals surface area contributed by atoms with Gasteiger partial charge in [-0.2, -0.15) is 0 Å². The third kappa shape index (κ3) is 5.55. The van der Waals surface area contributed by atoms with Gasteiger partial charge in [0.05, 0.1) is 12.5 Å². The first-order chi connectivity index (χ1) is 11.1. The molecule has 0 spiro atoms. The lowest BCUT2D eigenvalue weighted by molar-refractivity contribution is -0.131. The van der Waals surface area contributed by atoms with E-state index in [1.807, 2.05) is 61.5 Å². The van der Waals surface area contributed by atoms with Crippen LogP contribution in [0, 0.1) is 6.92 Å². The minimum Gasteiger partial charge on any atom is -0.492 e. The molecule has 0 aliphatic rings. The van der Waals surface area contributed by atoms with Crippen LogP contribution in [-0.4, -0.2) is 37.6 Å². The van der Waals surface area contributed by atoms with Crippen LogP contribution in [0.5, 0.6) is 5.75 Å². The van der Waals surface area contributed by atoms with Gasteiger partial charge in [0.1, 0.15) is 12.4 Å². The molecular formula is C19H25ClN2O2. The second-order valence-corrected chi connectivity index (χ2v) is 5.62. The van der Waals surface area contributed by atoms with E-state index in [0.29, 0.717) is 19.7 Å². The number of hydrogen-bond donors (Lipinski definition) is 1. The van der Waals surface area contributed by atoms with Gasteiger partial charge in [-0.3, -0.25) is 4.79 Å². The van der Waals surface area contributed by atoms with Gasteiger partial charge in [0, 0.05) is 13.6 Å². The number of carbonyl (C=O) groups is 1. The highest BCUT2D eigenvalue weighted by Gasteiger charge is 2.22. The summed E-state index contributed by atoms with van der Waals surface area (Å²) in [5.41, 5.74) is 7.90. The van der Waals surface area contributed by atoms with E-state index >= 15 is 0 Å². The Morgan fingerprint density at radius 3 is 2.50 bits per heavy atom. The molecule has 2 aromatic carbocycles. The Bertz CT molecular complexity index is 634. The first-order valence-corrected chi connectivity index (χ1v) is 7.81. The molecule has 0 aliphatic carbocycles. The van der Waals surface area contributed by atoms with Crippen LogP contribution in [0.4, 0.5) is 0 Å². The zero-order valence-corrected chi connectivity index (χ0v) is 15.0. The molecule has 0 bridgehead atoms. The molecule has 2 N–H and O–H groups in total. The Balaban J connectivity index is 0.00000288. The fraction of sp³-hybridized carbons (Fsp3) is 0.316. The zero-order chi connectivity index (χ0) is 16.7. The highest BCUT2D eigenvalue weighted by atomic mass is 35.5. The van der Waals surface area contributed by atoms with E-state index in [1.165, 1.54) is 0 Å². The number of nitrogens with two attached hydrogens (primary N) is 1. The largest absolute Gasteiger partial charge is 0.492 e. The monoisotopic (exact) mass is 348 g/mol. The van der Waals surface area contributed by atoms with Crippen molar-refractivity contribution in [3.8, 4) is 5.75 Å². The summed E-state index contributed by atoms with van der Waals surface area (Å²) in [7, 11) is 1.79. The molecule has 0 saturated heterocycles. The maximum atomic E-state index is 12.6. The number of rotatable bonds is 7. The Hall–Kier alpha value is -2.04. The number of likely N-dealkylation sites (N-methyl/N-ethyl adjacent to an activating group) is 1. The molecule has 5 heteroatoms. The van der Waals surface area contributed by atoms with Crippen molar-refractivity contribution < 1.29 is 9.53 Å². The van der Waals surface area contributed by atoms with Gasteiger partial charge >= 0.3 is 0 Å². The summed E-state index contributed by atoms with van der Waals surface area (Å²) in [5.74, 6) is 0.538. The third-order valence-corrected chi connectivity index (χ3v) is 3.80. The smallest absolute Gasteiger partial charge is 0.231 e. The van der Waals surface area contributed by atoms with Crippen LogP contribution in [-0.2, 0) is 4.79 Å². The number of carbonyl (C=O) groups excluding carboxylic acids is 1. The third-order valence-electron chi connectivity index (χ3n) is 3.80. The van der Waals surface area contributed by atoms with Gasteiger partial charge < -0.3 is 15.4 Å². The summed E-state index contributed by atoms with van der Waals surface area (Å²) in [6, 6.07) is 17.5. The van der Waals surface area contributed by atoms with Gasteiger partial charge in [-0.15, -0.1) is 12.4 Å². The van der Waals surface area contributed by atoms with E-state index in [0.717, 1.165) is 16.9 Å². The van der Waals surface area contributed by atoms with Gasteiger partial charge in [0.25, 0.3) is 0 Å². The Morgan fingerprint density at radius 2 is 1.88 bits per heavy atom. The average molecular weight is 349 g/mol. The van der Waals surface area contributed by atoms with Crippen LogP contribution < -0.4 is 10.5 Å². The molecule has 1 amide bonds. The second kappa shape index (κ2) is 9.96.